The minimum absolute atomic E-state index is 0.238. The van der Waals surface area contributed by atoms with Gasteiger partial charge in [-0.05, 0) is 52.8 Å². The molecule has 25 heavy (non-hydrogen) atoms. The SMILES string of the molecule is CN1CCC[C@@H]1COC(=O)C(NC(=O)OC(C)(C)C)c1ccccc1. The second-order valence-corrected chi connectivity index (χ2v) is 7.40. The van der Waals surface area contributed by atoms with Gasteiger partial charge < -0.3 is 19.7 Å². The number of hydrogen-bond acceptors (Lipinski definition) is 5. The number of rotatable bonds is 5. The number of alkyl carbamates (subject to hydrolysis) is 1. The molecule has 1 fully saturated rings. The van der Waals surface area contributed by atoms with Crippen molar-refractivity contribution in [1.29, 1.82) is 0 Å². The molecule has 0 radical (unpaired) electrons. The summed E-state index contributed by atoms with van der Waals surface area (Å²) in [7, 11) is 2.03. The van der Waals surface area contributed by atoms with E-state index in [-0.39, 0.29) is 6.04 Å². The first kappa shape index (κ1) is 19.2. The molecule has 0 bridgehead atoms. The highest BCUT2D eigenvalue weighted by Crippen LogP contribution is 2.19. The Bertz CT molecular complexity index is 583. The lowest BCUT2D eigenvalue weighted by Gasteiger charge is -2.24. The maximum absolute atomic E-state index is 12.6. The summed E-state index contributed by atoms with van der Waals surface area (Å²) in [5, 5.41) is 2.63. The van der Waals surface area contributed by atoms with Gasteiger partial charge in [0, 0.05) is 6.04 Å². The van der Waals surface area contributed by atoms with E-state index in [9.17, 15) is 9.59 Å². The van der Waals surface area contributed by atoms with Crippen molar-refractivity contribution < 1.29 is 19.1 Å². The van der Waals surface area contributed by atoms with Gasteiger partial charge in [-0.2, -0.15) is 0 Å². The van der Waals surface area contributed by atoms with Crippen LogP contribution in [0.5, 0.6) is 0 Å². The van der Waals surface area contributed by atoms with Crippen molar-refractivity contribution in [2.45, 2.75) is 51.3 Å². The zero-order valence-corrected chi connectivity index (χ0v) is 15.5. The quantitative estimate of drug-likeness (QED) is 0.829. The monoisotopic (exact) mass is 348 g/mol. The maximum Gasteiger partial charge on any atom is 0.408 e. The van der Waals surface area contributed by atoms with E-state index in [1.54, 1.807) is 32.9 Å². The number of nitrogens with one attached hydrogen (secondary N) is 1. The molecule has 0 spiro atoms. The normalized spacial score (nSPS) is 19.3. The highest BCUT2D eigenvalue weighted by Gasteiger charge is 2.29. The van der Waals surface area contributed by atoms with Gasteiger partial charge in [-0.1, -0.05) is 30.3 Å². The molecule has 2 rings (SSSR count). The molecule has 1 aliphatic heterocycles. The molecule has 1 N–H and O–H groups in total. The predicted octanol–water partition coefficient (Wildman–Crippen LogP) is 2.89. The summed E-state index contributed by atoms with van der Waals surface area (Å²) in [5.74, 6) is -0.475. The van der Waals surface area contributed by atoms with Gasteiger partial charge in [0.25, 0.3) is 0 Å². The maximum atomic E-state index is 12.6. The Morgan fingerprint density at radius 1 is 1.28 bits per heavy atom. The second kappa shape index (κ2) is 8.34. The third-order valence-corrected chi connectivity index (χ3v) is 4.12. The number of hydrogen-bond donors (Lipinski definition) is 1. The van der Waals surface area contributed by atoms with Crippen molar-refractivity contribution in [2.24, 2.45) is 0 Å². The smallest absolute Gasteiger partial charge is 0.408 e. The van der Waals surface area contributed by atoms with Crippen molar-refractivity contribution in [3.05, 3.63) is 35.9 Å². The molecule has 1 aliphatic rings. The number of likely N-dealkylation sites (tertiary alicyclic amines) is 1. The topological polar surface area (TPSA) is 67.9 Å². The number of amides is 1. The van der Waals surface area contributed by atoms with Crippen molar-refractivity contribution in [3.63, 3.8) is 0 Å². The standard InChI is InChI=1S/C19H28N2O4/c1-19(2,3)25-18(23)20-16(14-9-6-5-7-10-14)17(22)24-13-15-11-8-12-21(15)4/h5-7,9-10,15-16H,8,11-13H2,1-4H3,(H,20,23)/t15-,16?/m1/s1. The number of esters is 1. The number of nitrogens with zero attached hydrogens (tertiary/aromatic N) is 1. The second-order valence-electron chi connectivity index (χ2n) is 7.40. The average molecular weight is 348 g/mol. The van der Waals surface area contributed by atoms with Gasteiger partial charge in [-0.25, -0.2) is 9.59 Å². The van der Waals surface area contributed by atoms with Crippen LogP contribution in [0.4, 0.5) is 4.79 Å². The Hall–Kier alpha value is -2.08. The van der Waals surface area contributed by atoms with Gasteiger partial charge in [-0.3, -0.25) is 0 Å². The molecule has 1 unspecified atom stereocenters. The van der Waals surface area contributed by atoms with Gasteiger partial charge >= 0.3 is 12.1 Å². The summed E-state index contributed by atoms with van der Waals surface area (Å²) in [6.07, 6.45) is 1.48. The first-order valence-electron chi connectivity index (χ1n) is 8.67. The molecule has 0 saturated carbocycles. The van der Waals surface area contributed by atoms with Crippen LogP contribution in [0.1, 0.15) is 45.2 Å². The Balaban J connectivity index is 2.03. The number of ether oxygens (including phenoxy) is 2. The molecule has 0 aliphatic carbocycles. The van der Waals surface area contributed by atoms with Gasteiger partial charge in [0.1, 0.15) is 12.2 Å². The summed E-state index contributed by atoms with van der Waals surface area (Å²) in [4.78, 5) is 26.9. The fraction of sp³-hybridized carbons (Fsp3) is 0.579. The van der Waals surface area contributed by atoms with Crippen LogP contribution in [-0.2, 0) is 14.3 Å². The number of benzene rings is 1. The minimum atomic E-state index is -0.886. The van der Waals surface area contributed by atoms with E-state index in [0.29, 0.717) is 12.2 Å². The number of carbonyl (C=O) groups is 2. The Labute approximate surface area is 149 Å². The third-order valence-electron chi connectivity index (χ3n) is 4.12. The summed E-state index contributed by atoms with van der Waals surface area (Å²) < 4.78 is 10.8. The largest absolute Gasteiger partial charge is 0.462 e. The molecular formula is C19H28N2O4. The van der Waals surface area contributed by atoms with E-state index < -0.39 is 23.7 Å². The van der Waals surface area contributed by atoms with Gasteiger partial charge in [0.2, 0.25) is 0 Å². The van der Waals surface area contributed by atoms with Gasteiger partial charge in [-0.15, -0.1) is 0 Å². The lowest BCUT2D eigenvalue weighted by molar-refractivity contribution is -0.147. The fourth-order valence-corrected chi connectivity index (χ4v) is 2.80. The van der Waals surface area contributed by atoms with Crippen LogP contribution in [0.15, 0.2) is 30.3 Å². The van der Waals surface area contributed by atoms with E-state index in [0.717, 1.165) is 19.4 Å². The molecule has 1 aromatic rings. The number of carbonyl (C=O) groups excluding carboxylic acids is 2. The van der Waals surface area contributed by atoms with Crippen molar-refractivity contribution in [1.82, 2.24) is 10.2 Å². The van der Waals surface area contributed by atoms with E-state index in [1.165, 1.54) is 0 Å². The zero-order valence-electron chi connectivity index (χ0n) is 15.5. The first-order chi connectivity index (χ1) is 11.8. The highest BCUT2D eigenvalue weighted by atomic mass is 16.6. The lowest BCUT2D eigenvalue weighted by Crippen LogP contribution is -2.40. The van der Waals surface area contributed by atoms with Gasteiger partial charge in [0.15, 0.2) is 6.04 Å². The fourth-order valence-electron chi connectivity index (χ4n) is 2.80. The van der Waals surface area contributed by atoms with Crippen LogP contribution in [0, 0.1) is 0 Å². The predicted molar refractivity (Wildman–Crippen MR) is 95.2 cm³/mol. The molecule has 1 amide bonds. The lowest BCUT2D eigenvalue weighted by atomic mass is 10.1. The Morgan fingerprint density at radius 2 is 1.96 bits per heavy atom. The van der Waals surface area contributed by atoms with Gasteiger partial charge in [0.05, 0.1) is 0 Å². The molecule has 138 valence electrons. The zero-order chi connectivity index (χ0) is 18.4. The van der Waals surface area contributed by atoms with Crippen LogP contribution < -0.4 is 5.32 Å². The number of likely N-dealkylation sites (N-methyl/N-ethyl adjacent to an activating group) is 1. The summed E-state index contributed by atoms with van der Waals surface area (Å²) in [6, 6.07) is 8.40. The van der Waals surface area contributed by atoms with Crippen molar-refractivity contribution in [2.75, 3.05) is 20.2 Å². The summed E-state index contributed by atoms with van der Waals surface area (Å²) in [5.41, 5.74) is 0.0278. The molecule has 6 nitrogen and oxygen atoms in total. The van der Waals surface area contributed by atoms with E-state index in [1.807, 2.05) is 25.2 Å². The van der Waals surface area contributed by atoms with Crippen molar-refractivity contribution in [3.8, 4) is 0 Å². The van der Waals surface area contributed by atoms with Crippen LogP contribution in [-0.4, -0.2) is 48.8 Å². The van der Waals surface area contributed by atoms with Crippen molar-refractivity contribution >= 4 is 12.1 Å². The summed E-state index contributed by atoms with van der Waals surface area (Å²) >= 11 is 0. The van der Waals surface area contributed by atoms with E-state index in [4.69, 9.17) is 9.47 Å². The molecule has 0 aromatic heterocycles. The average Bonchev–Trinajstić information content (AvgIpc) is 2.94. The molecule has 1 saturated heterocycles. The molecule has 1 heterocycles. The minimum Gasteiger partial charge on any atom is -0.462 e. The summed E-state index contributed by atoms with van der Waals surface area (Å²) in [6.45, 7) is 6.67. The van der Waals surface area contributed by atoms with Crippen LogP contribution in [0.25, 0.3) is 0 Å². The van der Waals surface area contributed by atoms with Crippen LogP contribution in [0.3, 0.4) is 0 Å². The first-order valence-corrected chi connectivity index (χ1v) is 8.67. The Kier molecular flexibility index (Phi) is 6.42. The molecular weight excluding hydrogens is 320 g/mol. The van der Waals surface area contributed by atoms with E-state index in [2.05, 4.69) is 10.2 Å². The third kappa shape index (κ3) is 6.05. The Morgan fingerprint density at radius 3 is 2.52 bits per heavy atom. The van der Waals surface area contributed by atoms with Crippen LogP contribution >= 0.6 is 0 Å². The van der Waals surface area contributed by atoms with Crippen LogP contribution in [0.2, 0.25) is 0 Å². The van der Waals surface area contributed by atoms with E-state index >= 15 is 0 Å². The molecule has 1 aromatic carbocycles. The molecule has 6 heteroatoms. The highest BCUT2D eigenvalue weighted by molar-refractivity contribution is 5.82. The molecule has 2 atom stereocenters.